The number of hydrogen-bond acceptors (Lipinski definition) is 2. The first-order valence-electron chi connectivity index (χ1n) is 6.43. The van der Waals surface area contributed by atoms with E-state index in [0.29, 0.717) is 0 Å². The number of fused-ring (bicyclic) bond motifs is 1. The predicted molar refractivity (Wildman–Crippen MR) is 87.1 cm³/mol. The predicted octanol–water partition coefficient (Wildman–Crippen LogP) is 4.88. The van der Waals surface area contributed by atoms with Crippen LogP contribution in [0.5, 0.6) is 11.5 Å². The maximum Gasteiger partial charge on any atom is 0.127 e. The molecule has 0 spiro atoms. The summed E-state index contributed by atoms with van der Waals surface area (Å²) >= 11 is 7.38. The van der Waals surface area contributed by atoms with Crippen LogP contribution < -0.4 is 9.47 Å². The zero-order valence-corrected chi connectivity index (χ0v) is 14.2. The summed E-state index contributed by atoms with van der Waals surface area (Å²) in [6.07, 6.45) is 0.966. The highest BCUT2D eigenvalue weighted by Gasteiger charge is 2.24. The fraction of sp³-hybridized carbons (Fsp3) is 0.250. The van der Waals surface area contributed by atoms with Gasteiger partial charge in [-0.05, 0) is 23.8 Å². The Morgan fingerprint density at radius 3 is 2.80 bits per heavy atom. The van der Waals surface area contributed by atoms with Crippen LogP contribution in [0.3, 0.4) is 0 Å². The number of rotatable bonds is 3. The van der Waals surface area contributed by atoms with E-state index in [0.717, 1.165) is 40.1 Å². The van der Waals surface area contributed by atoms with E-state index in [-0.39, 0.29) is 4.83 Å². The minimum Gasteiger partial charge on any atom is -0.496 e. The van der Waals surface area contributed by atoms with E-state index in [9.17, 15) is 0 Å². The first-order chi connectivity index (χ1) is 9.70. The molecule has 20 heavy (non-hydrogen) atoms. The second-order valence-electron chi connectivity index (χ2n) is 4.69. The van der Waals surface area contributed by atoms with Crippen LogP contribution in [-0.4, -0.2) is 13.7 Å². The number of alkyl halides is 1. The number of para-hydroxylation sites is 1. The first kappa shape index (κ1) is 14.0. The van der Waals surface area contributed by atoms with E-state index in [1.165, 1.54) is 5.56 Å². The van der Waals surface area contributed by atoms with Gasteiger partial charge in [0.25, 0.3) is 0 Å². The van der Waals surface area contributed by atoms with Gasteiger partial charge in [-0.15, -0.1) is 0 Å². The molecule has 4 heteroatoms. The molecule has 1 unspecified atom stereocenters. The Balaban J connectivity index is 2.09. The molecular weight excluding hydrogens is 384 g/mol. The van der Waals surface area contributed by atoms with Crippen LogP contribution in [0.2, 0.25) is 0 Å². The minimum absolute atomic E-state index is 0.0444. The third-order valence-corrected chi connectivity index (χ3v) is 4.91. The van der Waals surface area contributed by atoms with Crippen molar-refractivity contribution in [3.63, 3.8) is 0 Å². The van der Waals surface area contributed by atoms with Gasteiger partial charge in [0.15, 0.2) is 0 Å². The topological polar surface area (TPSA) is 18.5 Å². The normalized spacial score (nSPS) is 14.6. The first-order valence-corrected chi connectivity index (χ1v) is 8.13. The summed E-state index contributed by atoms with van der Waals surface area (Å²) in [5.41, 5.74) is 3.50. The Labute approximate surface area is 135 Å². The van der Waals surface area contributed by atoms with Gasteiger partial charge in [0, 0.05) is 22.0 Å². The monoisotopic (exact) mass is 396 g/mol. The fourth-order valence-electron chi connectivity index (χ4n) is 2.53. The van der Waals surface area contributed by atoms with Crippen LogP contribution in [0, 0.1) is 0 Å². The molecule has 0 aromatic heterocycles. The molecule has 0 N–H and O–H groups in total. The molecular formula is C16H14Br2O2. The molecule has 0 bridgehead atoms. The van der Waals surface area contributed by atoms with E-state index < -0.39 is 0 Å². The molecule has 104 valence electrons. The molecule has 0 radical (unpaired) electrons. The maximum absolute atomic E-state index is 5.81. The summed E-state index contributed by atoms with van der Waals surface area (Å²) in [6, 6.07) is 12.3. The van der Waals surface area contributed by atoms with Crippen LogP contribution in [0.4, 0.5) is 0 Å². The number of methoxy groups -OCH3 is 1. The molecule has 2 aromatic rings. The number of hydrogen-bond donors (Lipinski definition) is 0. The minimum atomic E-state index is 0.0444. The molecule has 0 amide bonds. The van der Waals surface area contributed by atoms with Gasteiger partial charge >= 0.3 is 0 Å². The SMILES string of the molecule is COc1ccccc1C(Br)c1cc(Br)cc2c1OCC2. The van der Waals surface area contributed by atoms with Gasteiger partial charge in [0.2, 0.25) is 0 Å². The Morgan fingerprint density at radius 1 is 1.20 bits per heavy atom. The Morgan fingerprint density at radius 2 is 2.00 bits per heavy atom. The van der Waals surface area contributed by atoms with Crippen molar-refractivity contribution in [2.75, 3.05) is 13.7 Å². The quantitative estimate of drug-likeness (QED) is 0.687. The molecule has 0 saturated heterocycles. The molecule has 2 nitrogen and oxygen atoms in total. The zero-order chi connectivity index (χ0) is 14.1. The van der Waals surface area contributed by atoms with Crippen molar-refractivity contribution in [1.29, 1.82) is 0 Å². The van der Waals surface area contributed by atoms with Gasteiger partial charge in [-0.2, -0.15) is 0 Å². The van der Waals surface area contributed by atoms with E-state index in [2.05, 4.69) is 50.1 Å². The third kappa shape index (κ3) is 2.47. The molecule has 2 aromatic carbocycles. The number of halogens is 2. The summed E-state index contributed by atoms with van der Waals surface area (Å²) in [6.45, 7) is 0.754. The summed E-state index contributed by atoms with van der Waals surface area (Å²) in [7, 11) is 1.69. The smallest absolute Gasteiger partial charge is 0.127 e. The summed E-state index contributed by atoms with van der Waals surface area (Å²) in [4.78, 5) is 0.0444. The van der Waals surface area contributed by atoms with Crippen molar-refractivity contribution in [2.24, 2.45) is 0 Å². The summed E-state index contributed by atoms with van der Waals surface area (Å²) < 4.78 is 12.3. The molecule has 1 heterocycles. The summed E-state index contributed by atoms with van der Waals surface area (Å²) in [5.74, 6) is 1.88. The molecule has 3 rings (SSSR count). The third-order valence-electron chi connectivity index (χ3n) is 3.46. The van der Waals surface area contributed by atoms with Gasteiger partial charge in [0.05, 0.1) is 18.5 Å². The highest BCUT2D eigenvalue weighted by molar-refractivity contribution is 9.10. The molecule has 0 fully saturated rings. The van der Waals surface area contributed by atoms with E-state index in [4.69, 9.17) is 9.47 Å². The van der Waals surface area contributed by atoms with Crippen molar-refractivity contribution in [2.45, 2.75) is 11.2 Å². The van der Waals surface area contributed by atoms with Crippen LogP contribution in [0.1, 0.15) is 21.5 Å². The van der Waals surface area contributed by atoms with Gasteiger partial charge in [-0.25, -0.2) is 0 Å². The summed E-state index contributed by atoms with van der Waals surface area (Å²) in [5, 5.41) is 0. The lowest BCUT2D eigenvalue weighted by atomic mass is 10.0. The lowest BCUT2D eigenvalue weighted by molar-refractivity contribution is 0.353. The second-order valence-corrected chi connectivity index (χ2v) is 6.52. The van der Waals surface area contributed by atoms with Gasteiger partial charge in [-0.3, -0.25) is 0 Å². The Bertz CT molecular complexity index is 640. The molecule has 0 aliphatic carbocycles. The van der Waals surface area contributed by atoms with Gasteiger partial charge in [0.1, 0.15) is 11.5 Å². The van der Waals surface area contributed by atoms with E-state index in [1.54, 1.807) is 7.11 Å². The Hall–Kier alpha value is -1.00. The van der Waals surface area contributed by atoms with Crippen LogP contribution in [-0.2, 0) is 6.42 Å². The van der Waals surface area contributed by atoms with Crippen LogP contribution in [0.25, 0.3) is 0 Å². The van der Waals surface area contributed by atoms with E-state index >= 15 is 0 Å². The average Bonchev–Trinajstić information content (AvgIpc) is 2.93. The van der Waals surface area contributed by atoms with Crippen molar-refractivity contribution in [3.8, 4) is 11.5 Å². The highest BCUT2D eigenvalue weighted by atomic mass is 79.9. The van der Waals surface area contributed by atoms with Crippen molar-refractivity contribution in [3.05, 3.63) is 57.6 Å². The highest BCUT2D eigenvalue weighted by Crippen LogP contribution is 2.44. The largest absolute Gasteiger partial charge is 0.496 e. The number of benzene rings is 2. The lowest BCUT2D eigenvalue weighted by Crippen LogP contribution is -1.99. The number of ether oxygens (including phenoxy) is 2. The molecule has 1 atom stereocenters. The molecule has 0 saturated carbocycles. The Kier molecular flexibility index (Phi) is 4.03. The fourth-order valence-corrected chi connectivity index (χ4v) is 3.77. The van der Waals surface area contributed by atoms with Gasteiger partial charge in [-0.1, -0.05) is 50.1 Å². The lowest BCUT2D eigenvalue weighted by Gasteiger charge is -2.17. The molecule has 1 aliphatic rings. The van der Waals surface area contributed by atoms with Gasteiger partial charge < -0.3 is 9.47 Å². The molecule has 1 aliphatic heterocycles. The van der Waals surface area contributed by atoms with E-state index in [1.807, 2.05) is 18.2 Å². The zero-order valence-electron chi connectivity index (χ0n) is 11.0. The van der Waals surface area contributed by atoms with Crippen molar-refractivity contribution in [1.82, 2.24) is 0 Å². The van der Waals surface area contributed by atoms with Crippen LogP contribution >= 0.6 is 31.9 Å². The average molecular weight is 398 g/mol. The maximum atomic E-state index is 5.81. The van der Waals surface area contributed by atoms with Crippen molar-refractivity contribution < 1.29 is 9.47 Å². The second kappa shape index (κ2) is 5.78. The van der Waals surface area contributed by atoms with Crippen molar-refractivity contribution >= 4 is 31.9 Å². The van der Waals surface area contributed by atoms with Crippen LogP contribution in [0.15, 0.2) is 40.9 Å². The standard InChI is InChI=1S/C16H14Br2O2/c1-19-14-5-3-2-4-12(14)15(18)13-9-11(17)8-10-6-7-20-16(10)13/h2-5,8-9,15H,6-7H2,1H3.